The Hall–Kier alpha value is -3.61. The minimum absolute atomic E-state index is 0.0218. The molecule has 1 fully saturated rings. The van der Waals surface area contributed by atoms with Crippen LogP contribution in [0, 0.1) is 23.0 Å². The lowest BCUT2D eigenvalue weighted by atomic mass is 9.79. The lowest BCUT2D eigenvalue weighted by Crippen LogP contribution is -2.11. The van der Waals surface area contributed by atoms with Gasteiger partial charge in [0.1, 0.15) is 12.4 Å². The van der Waals surface area contributed by atoms with E-state index in [1.165, 1.54) is 12.1 Å². The number of allylic oxidation sites excluding steroid dienone is 2. The van der Waals surface area contributed by atoms with Gasteiger partial charge in [-0.05, 0) is 89.1 Å². The molecule has 5 rings (SSSR count). The first-order valence-corrected chi connectivity index (χ1v) is 13.6. The second kappa shape index (κ2) is 11.1. The quantitative estimate of drug-likeness (QED) is 0.255. The van der Waals surface area contributed by atoms with E-state index in [9.17, 15) is 23.1 Å². The van der Waals surface area contributed by atoms with Crippen LogP contribution >= 0.6 is 0 Å². The van der Waals surface area contributed by atoms with Crippen molar-refractivity contribution < 1.29 is 32.2 Å². The summed E-state index contributed by atoms with van der Waals surface area (Å²) in [6, 6.07) is 13.5. The molecule has 210 valence electrons. The minimum atomic E-state index is -2.72. The molecular formula is C33H32F4O3. The van der Waals surface area contributed by atoms with Gasteiger partial charge in [-0.3, -0.25) is 4.79 Å². The van der Waals surface area contributed by atoms with Crippen molar-refractivity contribution in [1.29, 1.82) is 0 Å². The third-order valence-corrected chi connectivity index (χ3v) is 8.13. The van der Waals surface area contributed by atoms with E-state index in [2.05, 4.69) is 19.9 Å². The lowest BCUT2D eigenvalue weighted by Gasteiger charge is -2.26. The molecule has 3 aromatic carbocycles. The second-order valence-electron chi connectivity index (χ2n) is 11.5. The van der Waals surface area contributed by atoms with Crippen molar-refractivity contribution in [3.8, 4) is 16.9 Å². The van der Waals surface area contributed by atoms with Crippen molar-refractivity contribution >= 4 is 11.5 Å². The van der Waals surface area contributed by atoms with Gasteiger partial charge in [-0.25, -0.2) is 17.6 Å². The summed E-state index contributed by atoms with van der Waals surface area (Å²) in [4.78, 5) is 11.4. The summed E-state index contributed by atoms with van der Waals surface area (Å²) in [5, 5.41) is 9.33. The van der Waals surface area contributed by atoms with Crippen LogP contribution in [-0.2, 0) is 11.4 Å². The summed E-state index contributed by atoms with van der Waals surface area (Å²) < 4.78 is 63.3. The average molecular weight is 553 g/mol. The summed E-state index contributed by atoms with van der Waals surface area (Å²) in [5.41, 5.74) is 2.96. The largest absolute Gasteiger partial charge is 0.486 e. The number of alkyl halides is 2. The van der Waals surface area contributed by atoms with Crippen LogP contribution in [0.15, 0.2) is 60.7 Å². The van der Waals surface area contributed by atoms with Crippen LogP contribution in [0.5, 0.6) is 5.75 Å². The van der Waals surface area contributed by atoms with E-state index in [0.717, 1.165) is 49.0 Å². The van der Waals surface area contributed by atoms with Crippen molar-refractivity contribution in [1.82, 2.24) is 0 Å². The van der Waals surface area contributed by atoms with E-state index >= 15 is 4.39 Å². The van der Waals surface area contributed by atoms with Crippen LogP contribution in [0.25, 0.3) is 16.7 Å². The average Bonchev–Trinajstić information content (AvgIpc) is 3.69. The molecule has 0 aliphatic heterocycles. The van der Waals surface area contributed by atoms with E-state index in [-0.39, 0.29) is 41.2 Å². The molecule has 0 saturated heterocycles. The van der Waals surface area contributed by atoms with Crippen LogP contribution in [-0.4, -0.2) is 11.1 Å². The van der Waals surface area contributed by atoms with Crippen molar-refractivity contribution in [3.63, 3.8) is 0 Å². The maximum atomic E-state index is 15.5. The molecular weight excluding hydrogens is 520 g/mol. The lowest BCUT2D eigenvalue weighted by molar-refractivity contribution is -0.137. The van der Waals surface area contributed by atoms with Crippen LogP contribution < -0.4 is 4.74 Å². The fourth-order valence-electron chi connectivity index (χ4n) is 5.79. The van der Waals surface area contributed by atoms with Crippen LogP contribution in [0.1, 0.15) is 80.5 Å². The number of carboxylic acids is 1. The maximum Gasteiger partial charge on any atom is 0.303 e. The van der Waals surface area contributed by atoms with Gasteiger partial charge in [-0.2, -0.15) is 0 Å². The van der Waals surface area contributed by atoms with Crippen molar-refractivity contribution in [2.75, 3.05) is 0 Å². The molecule has 3 nitrogen and oxygen atoms in total. The van der Waals surface area contributed by atoms with Gasteiger partial charge in [-0.1, -0.05) is 50.3 Å². The maximum absolute atomic E-state index is 15.5. The topological polar surface area (TPSA) is 46.5 Å². The molecule has 0 amide bonds. The number of carbonyl (C=O) groups is 1. The molecule has 3 aromatic rings. The highest BCUT2D eigenvalue weighted by Crippen LogP contribution is 2.48. The Morgan fingerprint density at radius 1 is 1.02 bits per heavy atom. The Labute approximate surface area is 231 Å². The number of ether oxygens (including phenoxy) is 1. The van der Waals surface area contributed by atoms with Gasteiger partial charge >= 0.3 is 5.97 Å². The molecule has 0 spiro atoms. The number of aliphatic carboxylic acids is 1. The number of hydrogen-bond acceptors (Lipinski definition) is 2. The van der Waals surface area contributed by atoms with Crippen molar-refractivity contribution in [2.24, 2.45) is 11.3 Å². The molecule has 0 radical (unpaired) electrons. The zero-order valence-corrected chi connectivity index (χ0v) is 22.5. The van der Waals surface area contributed by atoms with E-state index in [4.69, 9.17) is 4.74 Å². The van der Waals surface area contributed by atoms with Gasteiger partial charge in [0, 0.05) is 17.0 Å². The molecule has 40 heavy (non-hydrogen) atoms. The Balaban J connectivity index is 1.48. The predicted molar refractivity (Wildman–Crippen MR) is 146 cm³/mol. The van der Waals surface area contributed by atoms with Gasteiger partial charge < -0.3 is 9.84 Å². The van der Waals surface area contributed by atoms with Crippen LogP contribution in [0.3, 0.4) is 0 Å². The van der Waals surface area contributed by atoms with Crippen LogP contribution in [0.4, 0.5) is 17.6 Å². The molecule has 1 atom stereocenters. The van der Waals surface area contributed by atoms with E-state index in [1.807, 2.05) is 6.07 Å². The fourth-order valence-corrected chi connectivity index (χ4v) is 5.79. The molecule has 2 aliphatic carbocycles. The summed E-state index contributed by atoms with van der Waals surface area (Å²) in [5.74, 6) is -2.31. The molecule has 0 bridgehead atoms. The normalized spacial score (nSPS) is 17.1. The monoisotopic (exact) mass is 552 g/mol. The highest BCUT2D eigenvalue weighted by Gasteiger charge is 2.36. The number of rotatable bonds is 10. The predicted octanol–water partition coefficient (Wildman–Crippen LogP) is 9.32. The third kappa shape index (κ3) is 5.79. The Morgan fingerprint density at radius 3 is 2.45 bits per heavy atom. The summed E-state index contributed by atoms with van der Waals surface area (Å²) in [6.45, 7) is 4.21. The second-order valence-corrected chi connectivity index (χ2v) is 11.5. The number of benzene rings is 3. The first-order valence-electron chi connectivity index (χ1n) is 13.6. The Morgan fingerprint density at radius 2 is 1.80 bits per heavy atom. The molecule has 2 aliphatic rings. The standard InChI is InChI=1S/C33H32F4O3/c1-33(2)14-4-6-27(33)25-15-19(8-12-22(25)26-16-21(32(36)37)11-13-28(26)34)18-40-29-7-3-5-23(31(29)35)24(17-30(38)39)20-9-10-20/h3,5-8,11-13,15-16,20,24,32H,4,9-10,14,17-18H2,1-2H3,(H,38,39)/t24-/m1/s1. The molecule has 1 saturated carbocycles. The number of halogens is 4. The number of carboxylic acid groups (broad SMARTS) is 1. The Bertz CT molecular complexity index is 1460. The fraction of sp³-hybridized carbons (Fsp3) is 0.364. The first kappa shape index (κ1) is 27.9. The van der Waals surface area contributed by atoms with Gasteiger partial charge in [0.2, 0.25) is 0 Å². The molecule has 0 aromatic heterocycles. The van der Waals surface area contributed by atoms with Crippen LogP contribution in [0.2, 0.25) is 0 Å². The SMILES string of the molecule is CC1(C)CCC=C1c1cc(COc2cccc([C@H](CC(=O)O)C3CC3)c2F)ccc1-c1cc(C(F)F)ccc1F. The zero-order valence-electron chi connectivity index (χ0n) is 22.5. The molecule has 0 heterocycles. The molecule has 0 unspecified atom stereocenters. The first-order chi connectivity index (χ1) is 19.0. The number of hydrogen-bond donors (Lipinski definition) is 1. The van der Waals surface area contributed by atoms with Gasteiger partial charge in [0.15, 0.2) is 11.6 Å². The molecule has 1 N–H and O–H groups in total. The van der Waals surface area contributed by atoms with E-state index in [1.54, 1.807) is 24.3 Å². The zero-order chi connectivity index (χ0) is 28.6. The van der Waals surface area contributed by atoms with Gasteiger partial charge in [-0.15, -0.1) is 0 Å². The summed E-state index contributed by atoms with van der Waals surface area (Å²) >= 11 is 0. The van der Waals surface area contributed by atoms with E-state index < -0.39 is 29.9 Å². The Kier molecular flexibility index (Phi) is 7.76. The smallest absolute Gasteiger partial charge is 0.303 e. The van der Waals surface area contributed by atoms with Crippen molar-refractivity contribution in [3.05, 3.63) is 94.6 Å². The highest BCUT2D eigenvalue weighted by atomic mass is 19.3. The highest BCUT2D eigenvalue weighted by molar-refractivity contribution is 5.85. The minimum Gasteiger partial charge on any atom is -0.486 e. The summed E-state index contributed by atoms with van der Waals surface area (Å²) in [7, 11) is 0. The molecule has 7 heteroatoms. The van der Waals surface area contributed by atoms with Gasteiger partial charge in [0.05, 0.1) is 6.42 Å². The van der Waals surface area contributed by atoms with Gasteiger partial charge in [0.25, 0.3) is 6.43 Å². The van der Waals surface area contributed by atoms with Crippen molar-refractivity contribution in [2.45, 2.75) is 64.9 Å². The van der Waals surface area contributed by atoms with E-state index in [0.29, 0.717) is 16.7 Å². The third-order valence-electron chi connectivity index (χ3n) is 8.13. The summed E-state index contributed by atoms with van der Waals surface area (Å²) in [6.07, 6.45) is 2.75.